The van der Waals surface area contributed by atoms with Gasteiger partial charge in [-0.3, -0.25) is 4.99 Å². The number of carbonyl (C=O) groups is 1. The number of amides is 1. The van der Waals surface area contributed by atoms with Gasteiger partial charge in [-0.1, -0.05) is 30.3 Å². The lowest BCUT2D eigenvalue weighted by Crippen LogP contribution is -2.39. The minimum absolute atomic E-state index is 0.396. The van der Waals surface area contributed by atoms with E-state index in [0.717, 1.165) is 22.7 Å². The third-order valence-corrected chi connectivity index (χ3v) is 4.49. The predicted molar refractivity (Wildman–Crippen MR) is 115 cm³/mol. The van der Waals surface area contributed by atoms with Gasteiger partial charge in [-0.15, -0.1) is 11.3 Å². The number of carbonyl (C=O) groups excluding carboxylic acids is 1. The molecule has 0 aliphatic rings. The maximum Gasteiger partial charge on any atom is 0.407 e. The second-order valence-electron chi connectivity index (χ2n) is 7.14. The van der Waals surface area contributed by atoms with E-state index in [1.54, 1.807) is 18.4 Å². The molecule has 1 aromatic carbocycles. The molecule has 0 fully saturated rings. The van der Waals surface area contributed by atoms with E-state index in [2.05, 4.69) is 38.1 Å². The largest absolute Gasteiger partial charge is 0.444 e. The highest BCUT2D eigenvalue weighted by Crippen LogP contribution is 2.23. The van der Waals surface area contributed by atoms with Crippen LogP contribution in [-0.2, 0) is 11.3 Å². The zero-order valence-corrected chi connectivity index (χ0v) is 17.7. The van der Waals surface area contributed by atoms with Gasteiger partial charge in [-0.2, -0.15) is 0 Å². The number of nitrogens with zero attached hydrogens (tertiary/aromatic N) is 2. The molecule has 0 spiro atoms. The van der Waals surface area contributed by atoms with Gasteiger partial charge in [0, 0.05) is 31.1 Å². The Kier molecular flexibility index (Phi) is 8.25. The molecule has 0 saturated heterocycles. The number of hydrogen-bond acceptors (Lipinski definition) is 5. The van der Waals surface area contributed by atoms with Gasteiger partial charge in [0.2, 0.25) is 0 Å². The van der Waals surface area contributed by atoms with Crippen LogP contribution in [0.2, 0.25) is 0 Å². The zero-order valence-electron chi connectivity index (χ0n) is 16.9. The van der Waals surface area contributed by atoms with Crippen molar-refractivity contribution in [2.24, 2.45) is 4.99 Å². The number of aliphatic imine (C=N–C) groups is 1. The van der Waals surface area contributed by atoms with E-state index in [-0.39, 0.29) is 0 Å². The molecule has 3 N–H and O–H groups in total. The van der Waals surface area contributed by atoms with Crippen molar-refractivity contribution < 1.29 is 9.53 Å². The molecule has 1 amide bonds. The van der Waals surface area contributed by atoms with Crippen molar-refractivity contribution in [3.8, 4) is 10.6 Å². The van der Waals surface area contributed by atoms with Gasteiger partial charge in [-0.25, -0.2) is 9.78 Å². The molecule has 0 bridgehead atoms. The molecule has 0 aliphatic heterocycles. The maximum absolute atomic E-state index is 11.6. The zero-order chi connectivity index (χ0) is 20.4. The normalized spacial score (nSPS) is 11.8. The molecule has 7 nitrogen and oxygen atoms in total. The Hall–Kier alpha value is -2.61. The van der Waals surface area contributed by atoms with E-state index in [1.165, 1.54) is 0 Å². The Morgan fingerprint density at radius 1 is 1.14 bits per heavy atom. The third-order valence-electron chi connectivity index (χ3n) is 3.55. The van der Waals surface area contributed by atoms with Crippen LogP contribution >= 0.6 is 11.3 Å². The minimum atomic E-state index is -0.482. The number of aromatic nitrogens is 1. The summed E-state index contributed by atoms with van der Waals surface area (Å²) >= 11 is 1.63. The highest BCUT2D eigenvalue weighted by Gasteiger charge is 2.15. The van der Waals surface area contributed by atoms with Crippen molar-refractivity contribution in [3.63, 3.8) is 0 Å². The Morgan fingerprint density at radius 2 is 1.86 bits per heavy atom. The lowest BCUT2D eigenvalue weighted by molar-refractivity contribution is 0.0527. The van der Waals surface area contributed by atoms with E-state index in [0.29, 0.717) is 25.6 Å². The molecule has 0 aliphatic carbocycles. The summed E-state index contributed by atoms with van der Waals surface area (Å²) in [6.45, 7) is 7.34. The van der Waals surface area contributed by atoms with Crippen LogP contribution < -0.4 is 16.0 Å². The van der Waals surface area contributed by atoms with Crippen LogP contribution in [0.4, 0.5) is 4.79 Å². The van der Waals surface area contributed by atoms with Crippen LogP contribution in [0, 0.1) is 0 Å². The molecule has 0 saturated carbocycles. The highest BCUT2D eigenvalue weighted by atomic mass is 32.1. The Balaban J connectivity index is 1.67. The highest BCUT2D eigenvalue weighted by molar-refractivity contribution is 7.13. The standard InChI is InChI=1S/C20H29N5O2S/c1-20(2,3)27-19(26)23-12-8-11-22-18(21-4)24-13-16-14-28-17(25-16)15-9-6-5-7-10-15/h5-7,9-10,14H,8,11-13H2,1-4H3,(H,23,26)(H2,21,22,24). The van der Waals surface area contributed by atoms with Gasteiger partial charge in [0.1, 0.15) is 10.6 Å². The fourth-order valence-electron chi connectivity index (χ4n) is 2.30. The number of benzene rings is 1. The van der Waals surface area contributed by atoms with Gasteiger partial charge >= 0.3 is 6.09 Å². The monoisotopic (exact) mass is 403 g/mol. The van der Waals surface area contributed by atoms with E-state index in [9.17, 15) is 4.79 Å². The molecule has 28 heavy (non-hydrogen) atoms. The molecule has 8 heteroatoms. The van der Waals surface area contributed by atoms with Crippen molar-refractivity contribution in [2.45, 2.75) is 39.3 Å². The maximum atomic E-state index is 11.6. The van der Waals surface area contributed by atoms with Crippen LogP contribution in [0.3, 0.4) is 0 Å². The minimum Gasteiger partial charge on any atom is -0.444 e. The number of ether oxygens (including phenoxy) is 1. The summed E-state index contributed by atoms with van der Waals surface area (Å²) in [7, 11) is 1.73. The predicted octanol–water partition coefficient (Wildman–Crippen LogP) is 3.39. The third kappa shape index (κ3) is 7.96. The van der Waals surface area contributed by atoms with Crippen LogP contribution in [0.15, 0.2) is 40.7 Å². The van der Waals surface area contributed by atoms with E-state index < -0.39 is 11.7 Å². The van der Waals surface area contributed by atoms with Crippen molar-refractivity contribution in [1.82, 2.24) is 20.9 Å². The van der Waals surface area contributed by atoms with E-state index in [4.69, 9.17) is 4.74 Å². The fourth-order valence-corrected chi connectivity index (χ4v) is 3.12. The summed E-state index contributed by atoms with van der Waals surface area (Å²) < 4.78 is 5.20. The lowest BCUT2D eigenvalue weighted by Gasteiger charge is -2.19. The molecule has 0 unspecified atom stereocenters. The molecule has 1 aromatic heterocycles. The number of guanidine groups is 1. The summed E-state index contributed by atoms with van der Waals surface area (Å²) in [4.78, 5) is 20.4. The number of rotatable bonds is 7. The first kappa shape index (κ1) is 21.7. The fraction of sp³-hybridized carbons (Fsp3) is 0.450. The van der Waals surface area contributed by atoms with Crippen molar-refractivity contribution in [1.29, 1.82) is 0 Å². The number of hydrogen-bond donors (Lipinski definition) is 3. The molecule has 0 atom stereocenters. The van der Waals surface area contributed by atoms with E-state index in [1.807, 2.05) is 44.4 Å². The number of nitrogens with one attached hydrogen (secondary N) is 3. The van der Waals surface area contributed by atoms with Crippen molar-refractivity contribution in [2.75, 3.05) is 20.1 Å². The van der Waals surface area contributed by atoms with Gasteiger partial charge in [-0.05, 0) is 27.2 Å². The second kappa shape index (κ2) is 10.7. The second-order valence-corrected chi connectivity index (χ2v) is 8.00. The topological polar surface area (TPSA) is 87.6 Å². The number of thiazole rings is 1. The van der Waals surface area contributed by atoms with Crippen LogP contribution in [0.1, 0.15) is 32.9 Å². The molecule has 1 heterocycles. The van der Waals surface area contributed by atoms with Gasteiger partial charge < -0.3 is 20.7 Å². The summed E-state index contributed by atoms with van der Waals surface area (Å²) in [5.41, 5.74) is 1.61. The molecule has 0 radical (unpaired) electrons. The summed E-state index contributed by atoms with van der Waals surface area (Å²) in [5, 5.41) is 12.3. The first-order valence-electron chi connectivity index (χ1n) is 9.28. The van der Waals surface area contributed by atoms with Crippen LogP contribution in [0.25, 0.3) is 10.6 Å². The summed E-state index contributed by atoms with van der Waals surface area (Å²) in [6.07, 6.45) is 0.363. The van der Waals surface area contributed by atoms with Gasteiger partial charge in [0.05, 0.1) is 12.2 Å². The Bertz CT molecular complexity index is 768. The Morgan fingerprint density at radius 3 is 2.54 bits per heavy atom. The van der Waals surface area contributed by atoms with Gasteiger partial charge in [0.15, 0.2) is 5.96 Å². The van der Waals surface area contributed by atoms with Gasteiger partial charge in [0.25, 0.3) is 0 Å². The molecule has 2 rings (SSSR count). The SMILES string of the molecule is CN=C(NCCCNC(=O)OC(C)(C)C)NCc1csc(-c2ccccc2)n1. The van der Waals surface area contributed by atoms with E-state index >= 15 is 0 Å². The number of alkyl carbamates (subject to hydrolysis) is 1. The Labute approximate surface area is 170 Å². The average molecular weight is 404 g/mol. The van der Waals surface area contributed by atoms with Crippen LogP contribution in [-0.4, -0.2) is 42.8 Å². The molecular weight excluding hydrogens is 374 g/mol. The van der Waals surface area contributed by atoms with Crippen molar-refractivity contribution >= 4 is 23.4 Å². The van der Waals surface area contributed by atoms with Crippen molar-refractivity contribution in [3.05, 3.63) is 41.4 Å². The first-order valence-corrected chi connectivity index (χ1v) is 10.2. The summed E-state index contributed by atoms with van der Waals surface area (Å²) in [6, 6.07) is 10.1. The molecule has 2 aromatic rings. The molecular formula is C20H29N5O2S. The summed E-state index contributed by atoms with van der Waals surface area (Å²) in [5.74, 6) is 0.700. The molecule has 152 valence electrons. The quantitative estimate of drug-likeness (QED) is 0.375. The first-order chi connectivity index (χ1) is 13.4. The van der Waals surface area contributed by atoms with Crippen LogP contribution in [0.5, 0.6) is 0 Å². The average Bonchev–Trinajstić information content (AvgIpc) is 3.12. The smallest absolute Gasteiger partial charge is 0.407 e. The lowest BCUT2D eigenvalue weighted by atomic mass is 10.2.